The largest absolute Gasteiger partial charge is 0.449 e. The van der Waals surface area contributed by atoms with Crippen molar-refractivity contribution in [2.24, 2.45) is 0 Å². The van der Waals surface area contributed by atoms with E-state index in [-0.39, 0.29) is 5.79 Å². The predicted octanol–water partition coefficient (Wildman–Crippen LogP) is 1.35. The lowest BCUT2D eigenvalue weighted by molar-refractivity contribution is 0.252. The summed E-state index contributed by atoms with van der Waals surface area (Å²) >= 11 is 0. The molecule has 0 N–H and O–H groups in total. The van der Waals surface area contributed by atoms with Gasteiger partial charge in [0.1, 0.15) is 6.10 Å². The molecule has 2 heterocycles. The zero-order valence-corrected chi connectivity index (χ0v) is 5.59. The quantitative estimate of drug-likeness (QED) is 0.508. The van der Waals surface area contributed by atoms with Gasteiger partial charge in [0, 0.05) is 0 Å². The first-order valence-electron chi connectivity index (χ1n) is 3.60. The van der Waals surface area contributed by atoms with Crippen LogP contribution in [0.5, 0.6) is 0 Å². The van der Waals surface area contributed by atoms with Gasteiger partial charge in [-0.2, -0.15) is 0 Å². The second-order valence-corrected chi connectivity index (χ2v) is 2.97. The highest BCUT2D eigenvalue weighted by Crippen LogP contribution is 2.64. The van der Waals surface area contributed by atoms with Gasteiger partial charge in [0.15, 0.2) is 5.76 Å². The molecule has 0 aromatic carbocycles. The molecule has 52 valence electrons. The molecule has 2 saturated heterocycles. The molecule has 0 aromatic rings. The van der Waals surface area contributed by atoms with Crippen LogP contribution in [0, 0.1) is 0 Å². The van der Waals surface area contributed by atoms with Crippen molar-refractivity contribution in [3.8, 4) is 0 Å². The third kappa shape index (κ3) is 0.353. The molecule has 2 fully saturated rings. The molecule has 3 aliphatic rings. The Morgan fingerprint density at radius 1 is 1.70 bits per heavy atom. The second kappa shape index (κ2) is 1.17. The van der Waals surface area contributed by atoms with E-state index in [1.54, 1.807) is 0 Å². The first-order valence-corrected chi connectivity index (χ1v) is 3.60. The Morgan fingerprint density at radius 3 is 3.40 bits per heavy atom. The van der Waals surface area contributed by atoms with E-state index in [0.29, 0.717) is 6.10 Å². The maximum Gasteiger partial charge on any atom is 0.297 e. The first kappa shape index (κ1) is 4.97. The van der Waals surface area contributed by atoms with Crippen molar-refractivity contribution in [2.45, 2.75) is 24.7 Å². The van der Waals surface area contributed by atoms with Crippen LogP contribution < -0.4 is 0 Å². The van der Waals surface area contributed by atoms with E-state index in [1.807, 2.05) is 6.08 Å². The van der Waals surface area contributed by atoms with Crippen molar-refractivity contribution in [3.05, 3.63) is 24.0 Å². The summed E-state index contributed by atoms with van der Waals surface area (Å²) in [5, 5.41) is 0. The summed E-state index contributed by atoms with van der Waals surface area (Å²) < 4.78 is 10.7. The van der Waals surface area contributed by atoms with Gasteiger partial charge in [-0.25, -0.2) is 0 Å². The van der Waals surface area contributed by atoms with E-state index in [2.05, 4.69) is 6.58 Å². The highest BCUT2D eigenvalue weighted by atomic mass is 16.9. The van der Waals surface area contributed by atoms with Gasteiger partial charge in [-0.1, -0.05) is 12.7 Å². The van der Waals surface area contributed by atoms with Crippen LogP contribution in [0.1, 0.15) is 12.8 Å². The summed E-state index contributed by atoms with van der Waals surface area (Å²) in [6, 6.07) is 0. The number of hydrogen-bond donors (Lipinski definition) is 0. The molecule has 0 saturated carbocycles. The Kier molecular flexibility index (Phi) is 0.579. The molecule has 0 bridgehead atoms. The lowest BCUT2D eigenvalue weighted by Gasteiger charge is -1.97. The number of rotatable bonds is 1. The minimum atomic E-state index is -0.207. The van der Waals surface area contributed by atoms with Crippen molar-refractivity contribution in [1.82, 2.24) is 0 Å². The Morgan fingerprint density at radius 2 is 2.60 bits per heavy atom. The third-order valence-corrected chi connectivity index (χ3v) is 2.43. The monoisotopic (exact) mass is 136 g/mol. The second-order valence-electron chi connectivity index (χ2n) is 2.97. The molecule has 2 unspecified atom stereocenters. The van der Waals surface area contributed by atoms with Crippen LogP contribution in [0.25, 0.3) is 0 Å². The predicted molar refractivity (Wildman–Crippen MR) is 35.1 cm³/mol. The normalized spacial score (nSPS) is 47.0. The molecule has 0 radical (unpaired) electrons. The lowest BCUT2D eigenvalue weighted by atomic mass is 10.0. The highest BCUT2D eigenvalue weighted by Gasteiger charge is 2.77. The maximum absolute atomic E-state index is 5.34. The number of hydrogen-bond acceptors (Lipinski definition) is 2. The Balaban J connectivity index is 2.09. The van der Waals surface area contributed by atoms with Gasteiger partial charge in [-0.15, -0.1) is 0 Å². The molecule has 10 heavy (non-hydrogen) atoms. The van der Waals surface area contributed by atoms with E-state index in [0.717, 1.165) is 18.6 Å². The van der Waals surface area contributed by atoms with Crippen LogP contribution in [-0.4, -0.2) is 11.9 Å². The number of ether oxygens (including phenoxy) is 2. The average Bonchev–Trinajstić information content (AvgIpc) is 2.73. The molecular formula is C8H8O2. The van der Waals surface area contributed by atoms with Gasteiger partial charge in [-0.3, -0.25) is 0 Å². The molecule has 3 rings (SSSR count). The standard InChI is InChI=1S/C8H8O2/c1-2-5-3-4-6-8(9-6)7(5)10-8/h2,6H,1,3-4H2. The zero-order chi connectivity index (χ0) is 6.77. The third-order valence-electron chi connectivity index (χ3n) is 2.43. The van der Waals surface area contributed by atoms with Gasteiger partial charge in [0.05, 0.1) is 0 Å². The van der Waals surface area contributed by atoms with Crippen LogP contribution in [-0.2, 0) is 9.47 Å². The van der Waals surface area contributed by atoms with E-state index < -0.39 is 0 Å². The van der Waals surface area contributed by atoms with Crippen molar-refractivity contribution in [1.29, 1.82) is 0 Å². The Bertz CT molecular complexity index is 254. The van der Waals surface area contributed by atoms with Crippen molar-refractivity contribution < 1.29 is 9.47 Å². The van der Waals surface area contributed by atoms with Gasteiger partial charge < -0.3 is 9.47 Å². The van der Waals surface area contributed by atoms with Gasteiger partial charge in [0.2, 0.25) is 0 Å². The molecule has 2 heteroatoms. The summed E-state index contributed by atoms with van der Waals surface area (Å²) in [7, 11) is 0. The zero-order valence-electron chi connectivity index (χ0n) is 5.59. The van der Waals surface area contributed by atoms with Crippen LogP contribution in [0.15, 0.2) is 24.0 Å². The van der Waals surface area contributed by atoms with Crippen LogP contribution >= 0.6 is 0 Å². The maximum atomic E-state index is 5.34. The summed E-state index contributed by atoms with van der Waals surface area (Å²) in [5.74, 6) is 0.848. The van der Waals surface area contributed by atoms with E-state index >= 15 is 0 Å². The fourth-order valence-electron chi connectivity index (χ4n) is 1.73. The summed E-state index contributed by atoms with van der Waals surface area (Å²) in [6.07, 6.45) is 4.43. The van der Waals surface area contributed by atoms with Gasteiger partial charge in [-0.05, 0) is 18.4 Å². The SMILES string of the molecule is C=CC1=C2OC23OC3CC1. The van der Waals surface area contributed by atoms with E-state index in [1.165, 1.54) is 5.57 Å². The van der Waals surface area contributed by atoms with Crippen molar-refractivity contribution >= 4 is 0 Å². The molecule has 2 aliphatic heterocycles. The number of allylic oxidation sites excluding steroid dienone is 2. The average molecular weight is 136 g/mol. The Hall–Kier alpha value is -0.760. The molecule has 0 amide bonds. The smallest absolute Gasteiger partial charge is 0.297 e. The fraction of sp³-hybridized carbons (Fsp3) is 0.500. The minimum absolute atomic E-state index is 0.207. The van der Waals surface area contributed by atoms with Crippen molar-refractivity contribution in [3.63, 3.8) is 0 Å². The Labute approximate surface area is 59.1 Å². The van der Waals surface area contributed by atoms with Crippen LogP contribution in [0.3, 0.4) is 0 Å². The molecule has 2 atom stereocenters. The fourth-order valence-corrected chi connectivity index (χ4v) is 1.73. The highest BCUT2D eigenvalue weighted by molar-refractivity contribution is 5.42. The number of epoxide rings is 2. The minimum Gasteiger partial charge on any atom is -0.449 e. The topological polar surface area (TPSA) is 25.1 Å². The van der Waals surface area contributed by atoms with Gasteiger partial charge in [0.25, 0.3) is 5.79 Å². The van der Waals surface area contributed by atoms with Crippen LogP contribution in [0.2, 0.25) is 0 Å². The summed E-state index contributed by atoms with van der Waals surface area (Å²) in [5.41, 5.74) is 1.24. The van der Waals surface area contributed by atoms with E-state index in [9.17, 15) is 0 Å². The molecule has 1 aliphatic carbocycles. The molecular weight excluding hydrogens is 128 g/mol. The van der Waals surface area contributed by atoms with E-state index in [4.69, 9.17) is 9.47 Å². The van der Waals surface area contributed by atoms with Crippen molar-refractivity contribution in [2.75, 3.05) is 0 Å². The molecule has 1 spiro atoms. The summed E-state index contributed by atoms with van der Waals surface area (Å²) in [4.78, 5) is 0. The molecule has 2 nitrogen and oxygen atoms in total. The van der Waals surface area contributed by atoms with Gasteiger partial charge >= 0.3 is 0 Å². The summed E-state index contributed by atoms with van der Waals surface area (Å²) in [6.45, 7) is 3.72. The first-order chi connectivity index (χ1) is 4.87. The van der Waals surface area contributed by atoms with Crippen LogP contribution in [0.4, 0.5) is 0 Å². The lowest BCUT2D eigenvalue weighted by Crippen LogP contribution is -2.00. The molecule has 0 aromatic heterocycles.